The van der Waals surface area contributed by atoms with Crippen LogP contribution in [-0.4, -0.2) is 11.4 Å². The third-order valence-electron chi connectivity index (χ3n) is 1.17. The number of carbonyl (C=O) groups excluding carboxylic acids is 1. The molecule has 0 aromatic heterocycles. The quantitative estimate of drug-likeness (QED) is 0.662. The second kappa shape index (κ2) is 2.88. The molecule has 0 saturated heterocycles. The second-order valence-electron chi connectivity index (χ2n) is 1.95. The Morgan fingerprint density at radius 2 is 2.18 bits per heavy atom. The highest BCUT2D eigenvalue weighted by atomic mass is 35.5. The number of hydrogen-bond acceptors (Lipinski definition) is 2. The molecule has 0 saturated carbocycles. The summed E-state index contributed by atoms with van der Waals surface area (Å²) in [4.78, 5) is 10.1. The van der Waals surface area contributed by atoms with E-state index >= 15 is 0 Å². The minimum atomic E-state index is -0.940. The van der Waals surface area contributed by atoms with Crippen molar-refractivity contribution in [2.24, 2.45) is 0 Å². The highest BCUT2D eigenvalue weighted by molar-refractivity contribution is 6.31. The monoisotopic (exact) mass is 174 g/mol. The Bertz CT molecular complexity index is 299. The van der Waals surface area contributed by atoms with Gasteiger partial charge in [-0.05, 0) is 6.07 Å². The number of phenols is 1. The molecule has 1 aromatic rings. The number of hydrogen-bond donors (Lipinski definition) is 1. The predicted octanol–water partition coefficient (Wildman–Crippen LogP) is 2.00. The molecule has 0 aliphatic heterocycles. The number of aldehydes is 1. The first-order valence-electron chi connectivity index (χ1n) is 2.78. The lowest BCUT2D eigenvalue weighted by Gasteiger charge is -1.97. The van der Waals surface area contributed by atoms with Gasteiger partial charge < -0.3 is 5.11 Å². The number of rotatable bonds is 1. The Kier molecular flexibility index (Phi) is 2.10. The minimum absolute atomic E-state index is 0.131. The summed E-state index contributed by atoms with van der Waals surface area (Å²) in [6, 6.07) is 2.17. The van der Waals surface area contributed by atoms with E-state index in [1.165, 1.54) is 0 Å². The van der Waals surface area contributed by atoms with Crippen molar-refractivity contribution in [1.29, 1.82) is 0 Å². The molecule has 0 unspecified atom stereocenters. The maximum absolute atomic E-state index is 12.6. The number of aromatic hydroxyl groups is 1. The van der Waals surface area contributed by atoms with Crippen LogP contribution >= 0.6 is 11.6 Å². The van der Waals surface area contributed by atoms with Gasteiger partial charge >= 0.3 is 0 Å². The van der Waals surface area contributed by atoms with E-state index in [0.717, 1.165) is 12.1 Å². The number of phenolic OH excluding ortho intramolecular Hbond substituents is 1. The summed E-state index contributed by atoms with van der Waals surface area (Å²) in [6.45, 7) is 0. The van der Waals surface area contributed by atoms with Gasteiger partial charge in [0, 0.05) is 11.1 Å². The van der Waals surface area contributed by atoms with Gasteiger partial charge in [-0.15, -0.1) is 0 Å². The second-order valence-corrected chi connectivity index (χ2v) is 2.38. The molecule has 11 heavy (non-hydrogen) atoms. The van der Waals surface area contributed by atoms with E-state index in [9.17, 15) is 9.18 Å². The molecule has 0 radical (unpaired) electrons. The molecule has 0 aliphatic carbocycles. The van der Waals surface area contributed by atoms with Crippen LogP contribution in [0.1, 0.15) is 10.4 Å². The number of carbonyl (C=O) groups is 1. The van der Waals surface area contributed by atoms with Crippen molar-refractivity contribution < 1.29 is 14.3 Å². The van der Waals surface area contributed by atoms with Gasteiger partial charge in [0.1, 0.15) is 0 Å². The zero-order valence-electron chi connectivity index (χ0n) is 5.34. The molecule has 2 nitrogen and oxygen atoms in total. The molecule has 1 rings (SSSR count). The molecule has 1 aromatic carbocycles. The summed E-state index contributed by atoms with van der Waals surface area (Å²) in [5, 5.41) is 8.92. The zero-order valence-corrected chi connectivity index (χ0v) is 6.10. The van der Waals surface area contributed by atoms with Crippen molar-refractivity contribution in [3.05, 3.63) is 28.5 Å². The Hall–Kier alpha value is -1.09. The maximum Gasteiger partial charge on any atom is 0.175 e. The van der Waals surface area contributed by atoms with E-state index in [1.807, 2.05) is 0 Å². The van der Waals surface area contributed by atoms with Crippen LogP contribution in [0.5, 0.6) is 5.75 Å². The minimum Gasteiger partial charge on any atom is -0.505 e. The Morgan fingerprint density at radius 1 is 1.55 bits per heavy atom. The third kappa shape index (κ3) is 1.49. The van der Waals surface area contributed by atoms with Crippen molar-refractivity contribution in [1.82, 2.24) is 0 Å². The van der Waals surface area contributed by atoms with Gasteiger partial charge in [0.15, 0.2) is 17.9 Å². The van der Waals surface area contributed by atoms with Crippen molar-refractivity contribution in [2.75, 3.05) is 0 Å². The summed E-state index contributed by atoms with van der Waals surface area (Å²) in [6.07, 6.45) is 0.293. The third-order valence-corrected chi connectivity index (χ3v) is 1.39. The lowest BCUT2D eigenvalue weighted by atomic mass is 10.2. The highest BCUT2D eigenvalue weighted by Gasteiger charge is 2.07. The SMILES string of the molecule is O=Cc1cc(Cl)cc(O)c1F. The fourth-order valence-corrected chi connectivity index (χ4v) is 0.902. The van der Waals surface area contributed by atoms with Gasteiger partial charge in [-0.25, -0.2) is 4.39 Å². The molecular formula is C7H4ClFO2. The summed E-state index contributed by atoms with van der Waals surface area (Å²) >= 11 is 5.42. The fraction of sp³-hybridized carbons (Fsp3) is 0. The highest BCUT2D eigenvalue weighted by Crippen LogP contribution is 2.23. The first-order valence-corrected chi connectivity index (χ1v) is 3.16. The Balaban J connectivity index is 3.35. The average molecular weight is 175 g/mol. The van der Waals surface area contributed by atoms with Crippen LogP contribution < -0.4 is 0 Å². The van der Waals surface area contributed by atoms with Gasteiger partial charge in [0.25, 0.3) is 0 Å². The smallest absolute Gasteiger partial charge is 0.175 e. The molecule has 1 N–H and O–H groups in total. The predicted molar refractivity (Wildman–Crippen MR) is 38.5 cm³/mol. The van der Waals surface area contributed by atoms with Crippen LogP contribution in [0.4, 0.5) is 4.39 Å². The van der Waals surface area contributed by atoms with Crippen LogP contribution in [0.25, 0.3) is 0 Å². The van der Waals surface area contributed by atoms with Gasteiger partial charge in [-0.3, -0.25) is 4.79 Å². The van der Waals surface area contributed by atoms with E-state index in [4.69, 9.17) is 16.7 Å². The van der Waals surface area contributed by atoms with Crippen LogP contribution in [0.15, 0.2) is 12.1 Å². The van der Waals surface area contributed by atoms with Gasteiger partial charge in [-0.2, -0.15) is 0 Å². The summed E-state index contributed by atoms with van der Waals surface area (Å²) < 4.78 is 12.6. The van der Waals surface area contributed by atoms with Gasteiger partial charge in [0.2, 0.25) is 0 Å². The van der Waals surface area contributed by atoms with Crippen LogP contribution in [-0.2, 0) is 0 Å². The largest absolute Gasteiger partial charge is 0.505 e. The molecule has 0 aliphatic rings. The van der Waals surface area contributed by atoms with E-state index in [1.54, 1.807) is 0 Å². The topological polar surface area (TPSA) is 37.3 Å². The van der Waals surface area contributed by atoms with Crippen LogP contribution in [0, 0.1) is 5.82 Å². The van der Waals surface area contributed by atoms with Crippen molar-refractivity contribution in [2.45, 2.75) is 0 Å². The molecular weight excluding hydrogens is 171 g/mol. The molecule has 0 bridgehead atoms. The van der Waals surface area contributed by atoms with Crippen LogP contribution in [0.3, 0.4) is 0 Å². The molecule has 4 heteroatoms. The van der Waals surface area contributed by atoms with Crippen molar-refractivity contribution >= 4 is 17.9 Å². The van der Waals surface area contributed by atoms with Crippen molar-refractivity contribution in [3.63, 3.8) is 0 Å². The summed E-state index contributed by atoms with van der Waals surface area (Å²) in [5.41, 5.74) is -0.241. The standard InChI is InChI=1S/C7H4ClFO2/c8-5-1-4(3-10)7(9)6(11)2-5/h1-3,11H. The molecule has 0 atom stereocenters. The zero-order chi connectivity index (χ0) is 8.43. The van der Waals surface area contributed by atoms with E-state index in [0.29, 0.717) is 6.29 Å². The van der Waals surface area contributed by atoms with E-state index < -0.39 is 11.6 Å². The number of halogens is 2. The lowest BCUT2D eigenvalue weighted by Crippen LogP contribution is -1.87. The fourth-order valence-electron chi connectivity index (χ4n) is 0.681. The summed E-state index contributed by atoms with van der Waals surface area (Å²) in [5.74, 6) is -1.55. The maximum atomic E-state index is 12.6. The first kappa shape index (κ1) is 8.01. The lowest BCUT2D eigenvalue weighted by molar-refractivity contribution is 0.111. The van der Waals surface area contributed by atoms with Crippen LogP contribution in [0.2, 0.25) is 5.02 Å². The molecule has 0 amide bonds. The van der Waals surface area contributed by atoms with E-state index in [2.05, 4.69) is 0 Å². The average Bonchev–Trinajstić information content (AvgIpc) is 1.96. The van der Waals surface area contributed by atoms with Gasteiger partial charge in [-0.1, -0.05) is 11.6 Å². The van der Waals surface area contributed by atoms with Crippen molar-refractivity contribution in [3.8, 4) is 5.75 Å². The Labute approximate surface area is 67.2 Å². The molecule has 58 valence electrons. The number of benzene rings is 1. The van der Waals surface area contributed by atoms with Gasteiger partial charge in [0.05, 0.1) is 5.56 Å². The molecule has 0 heterocycles. The first-order chi connectivity index (χ1) is 5.15. The van der Waals surface area contributed by atoms with E-state index in [-0.39, 0.29) is 10.6 Å². The molecule has 0 fully saturated rings. The summed E-state index contributed by atoms with van der Waals surface area (Å²) in [7, 11) is 0. The molecule has 0 spiro atoms. The normalized spacial score (nSPS) is 9.64. The Morgan fingerprint density at radius 3 is 2.73 bits per heavy atom.